The maximum Gasteiger partial charge on any atom is 0.401 e. The molecule has 2 fully saturated rings. The summed E-state index contributed by atoms with van der Waals surface area (Å²) in [5, 5.41) is 9.32. The van der Waals surface area contributed by atoms with E-state index in [4.69, 9.17) is 0 Å². The number of aromatic nitrogens is 2. The summed E-state index contributed by atoms with van der Waals surface area (Å²) in [7, 11) is 0. The molecule has 2 aliphatic heterocycles. The van der Waals surface area contributed by atoms with Gasteiger partial charge in [-0.3, -0.25) is 19.4 Å². The van der Waals surface area contributed by atoms with Crippen LogP contribution in [-0.4, -0.2) is 77.3 Å². The Balaban J connectivity index is 1.55. The van der Waals surface area contributed by atoms with E-state index in [9.17, 15) is 22.8 Å². The lowest BCUT2D eigenvalue weighted by Crippen LogP contribution is -2.52. The molecule has 3 rings (SSSR count). The number of carbonyl (C=O) groups excluding carboxylic acids is 2. The van der Waals surface area contributed by atoms with Crippen LogP contribution in [0.3, 0.4) is 0 Å². The second kappa shape index (κ2) is 7.47. The summed E-state index contributed by atoms with van der Waals surface area (Å²) < 4.78 is 37.3. The maximum atomic E-state index is 12.6. The number of rotatable bonds is 4. The number of hydrogen-bond donors (Lipinski definition) is 0. The van der Waals surface area contributed by atoms with Gasteiger partial charge in [0.25, 0.3) is 0 Å². The third kappa shape index (κ3) is 4.32. The van der Waals surface area contributed by atoms with E-state index >= 15 is 0 Å². The van der Waals surface area contributed by atoms with Crippen LogP contribution in [0.1, 0.15) is 18.4 Å². The third-order valence-electron chi connectivity index (χ3n) is 4.55. The van der Waals surface area contributed by atoms with Gasteiger partial charge >= 0.3 is 6.18 Å². The molecule has 144 valence electrons. The monoisotopic (exact) mass is 391 g/mol. The van der Waals surface area contributed by atoms with Gasteiger partial charge in [-0.25, -0.2) is 0 Å². The maximum absolute atomic E-state index is 12.6. The SMILES string of the molecule is CCc1nnc(N2CC(C(=O)N3CCN(CC(F)(F)F)CC3)CC2=O)s1. The van der Waals surface area contributed by atoms with E-state index in [0.717, 1.165) is 11.4 Å². The molecule has 1 aromatic heterocycles. The first-order chi connectivity index (χ1) is 12.3. The van der Waals surface area contributed by atoms with Crippen LogP contribution in [0.15, 0.2) is 0 Å². The molecule has 0 radical (unpaired) electrons. The van der Waals surface area contributed by atoms with Crippen LogP contribution in [0.5, 0.6) is 0 Å². The molecule has 1 unspecified atom stereocenters. The Bertz CT molecular complexity index is 672. The van der Waals surface area contributed by atoms with Crippen molar-refractivity contribution in [1.82, 2.24) is 20.0 Å². The van der Waals surface area contributed by atoms with Gasteiger partial charge in [-0.1, -0.05) is 18.3 Å². The summed E-state index contributed by atoms with van der Waals surface area (Å²) >= 11 is 1.33. The van der Waals surface area contributed by atoms with Crippen molar-refractivity contribution >= 4 is 28.3 Å². The average molecular weight is 391 g/mol. The first-order valence-corrected chi connectivity index (χ1v) is 9.29. The highest BCUT2D eigenvalue weighted by atomic mass is 32.1. The van der Waals surface area contributed by atoms with Crippen LogP contribution < -0.4 is 4.90 Å². The minimum absolute atomic E-state index is 0.0998. The molecule has 1 atom stereocenters. The second-order valence-corrected chi connectivity index (χ2v) is 7.49. The first kappa shape index (κ1) is 19.0. The standard InChI is InChI=1S/C15H20F3N5O2S/c1-2-11-19-20-14(26-11)23-8-10(7-12(23)24)13(25)22-5-3-21(4-6-22)9-15(16,17)18/h10H,2-9H2,1H3. The van der Waals surface area contributed by atoms with Gasteiger partial charge in [0.15, 0.2) is 0 Å². The number of alkyl halides is 3. The number of halogens is 3. The normalized spacial score (nSPS) is 22.3. The zero-order valence-corrected chi connectivity index (χ0v) is 15.1. The molecule has 1 aromatic rings. The van der Waals surface area contributed by atoms with Crippen LogP contribution in [0.2, 0.25) is 0 Å². The zero-order valence-electron chi connectivity index (χ0n) is 14.3. The van der Waals surface area contributed by atoms with Gasteiger partial charge in [0.2, 0.25) is 16.9 Å². The third-order valence-corrected chi connectivity index (χ3v) is 5.64. The number of nitrogens with zero attached hydrogens (tertiary/aromatic N) is 5. The Kier molecular flexibility index (Phi) is 5.47. The van der Waals surface area contributed by atoms with Crippen molar-refractivity contribution in [2.75, 3.05) is 44.2 Å². The molecule has 26 heavy (non-hydrogen) atoms. The molecule has 11 heteroatoms. The highest BCUT2D eigenvalue weighted by molar-refractivity contribution is 7.15. The van der Waals surface area contributed by atoms with Gasteiger partial charge in [-0.05, 0) is 6.42 Å². The molecule has 3 heterocycles. The molecule has 0 saturated carbocycles. The Morgan fingerprint density at radius 3 is 2.50 bits per heavy atom. The quantitative estimate of drug-likeness (QED) is 0.771. The van der Waals surface area contributed by atoms with Crippen LogP contribution in [-0.2, 0) is 16.0 Å². The summed E-state index contributed by atoms with van der Waals surface area (Å²) in [5.74, 6) is -0.823. The molecule has 2 amide bonds. The summed E-state index contributed by atoms with van der Waals surface area (Å²) in [6.07, 6.45) is -3.41. The predicted molar refractivity (Wildman–Crippen MR) is 88.8 cm³/mol. The Labute approximate surface area is 152 Å². The van der Waals surface area contributed by atoms with E-state index < -0.39 is 18.6 Å². The van der Waals surface area contributed by atoms with Crippen molar-refractivity contribution in [3.05, 3.63) is 5.01 Å². The lowest BCUT2D eigenvalue weighted by atomic mass is 10.1. The zero-order chi connectivity index (χ0) is 18.9. The fourth-order valence-electron chi connectivity index (χ4n) is 3.19. The largest absolute Gasteiger partial charge is 0.401 e. The Morgan fingerprint density at radius 2 is 1.92 bits per heavy atom. The Morgan fingerprint density at radius 1 is 1.23 bits per heavy atom. The molecule has 0 aliphatic carbocycles. The molecule has 7 nitrogen and oxygen atoms in total. The fourth-order valence-corrected chi connectivity index (χ4v) is 4.00. The van der Waals surface area contributed by atoms with Crippen molar-refractivity contribution in [3.63, 3.8) is 0 Å². The van der Waals surface area contributed by atoms with Gasteiger partial charge in [-0.15, -0.1) is 10.2 Å². The van der Waals surface area contributed by atoms with E-state index in [0.29, 0.717) is 5.13 Å². The van der Waals surface area contributed by atoms with E-state index in [1.807, 2.05) is 6.92 Å². The summed E-state index contributed by atoms with van der Waals surface area (Å²) in [6.45, 7) is 2.11. The van der Waals surface area contributed by atoms with Gasteiger partial charge in [0, 0.05) is 39.1 Å². The van der Waals surface area contributed by atoms with E-state index in [-0.39, 0.29) is 51.0 Å². The summed E-state index contributed by atoms with van der Waals surface area (Å²) in [4.78, 5) is 29.2. The van der Waals surface area contributed by atoms with Crippen LogP contribution >= 0.6 is 11.3 Å². The van der Waals surface area contributed by atoms with Crippen LogP contribution in [0.25, 0.3) is 0 Å². The van der Waals surface area contributed by atoms with Gasteiger partial charge < -0.3 is 4.90 Å². The fraction of sp³-hybridized carbons (Fsp3) is 0.733. The number of amides is 2. The van der Waals surface area contributed by atoms with Gasteiger partial charge in [0.1, 0.15) is 5.01 Å². The molecule has 0 aromatic carbocycles. The van der Waals surface area contributed by atoms with Crippen LogP contribution in [0.4, 0.5) is 18.3 Å². The number of carbonyl (C=O) groups is 2. The van der Waals surface area contributed by atoms with Gasteiger partial charge in [-0.2, -0.15) is 13.2 Å². The minimum Gasteiger partial charge on any atom is -0.340 e. The minimum atomic E-state index is -4.23. The van der Waals surface area contributed by atoms with E-state index in [1.54, 1.807) is 4.90 Å². The predicted octanol–water partition coefficient (Wildman–Crippen LogP) is 1.16. The topological polar surface area (TPSA) is 69.6 Å². The van der Waals surface area contributed by atoms with Crippen molar-refractivity contribution in [2.45, 2.75) is 25.9 Å². The summed E-state index contributed by atoms with van der Waals surface area (Å²) in [6, 6.07) is 0. The number of hydrogen-bond acceptors (Lipinski definition) is 6. The van der Waals surface area contributed by atoms with Crippen molar-refractivity contribution in [1.29, 1.82) is 0 Å². The molecular weight excluding hydrogens is 371 g/mol. The molecule has 0 spiro atoms. The average Bonchev–Trinajstić information content (AvgIpc) is 3.19. The smallest absolute Gasteiger partial charge is 0.340 e. The molecule has 2 saturated heterocycles. The van der Waals surface area contributed by atoms with Crippen LogP contribution in [0, 0.1) is 5.92 Å². The molecule has 0 N–H and O–H groups in total. The van der Waals surface area contributed by atoms with Crippen molar-refractivity contribution in [3.8, 4) is 0 Å². The van der Waals surface area contributed by atoms with Crippen molar-refractivity contribution in [2.24, 2.45) is 5.92 Å². The van der Waals surface area contributed by atoms with E-state index in [1.165, 1.54) is 21.1 Å². The number of piperazine rings is 1. The van der Waals surface area contributed by atoms with Gasteiger partial charge in [0.05, 0.1) is 12.5 Å². The second-order valence-electron chi connectivity index (χ2n) is 6.45. The van der Waals surface area contributed by atoms with E-state index in [2.05, 4.69) is 10.2 Å². The Hall–Kier alpha value is -1.75. The summed E-state index contributed by atoms with van der Waals surface area (Å²) in [5.41, 5.74) is 0. The first-order valence-electron chi connectivity index (χ1n) is 8.47. The lowest BCUT2D eigenvalue weighted by Gasteiger charge is -2.36. The number of anilines is 1. The molecular formula is C15H20F3N5O2S. The molecule has 0 bridgehead atoms. The van der Waals surface area contributed by atoms with Crippen molar-refractivity contribution < 1.29 is 22.8 Å². The lowest BCUT2D eigenvalue weighted by molar-refractivity contribution is -0.152. The highest BCUT2D eigenvalue weighted by Gasteiger charge is 2.40. The highest BCUT2D eigenvalue weighted by Crippen LogP contribution is 2.29. The number of aryl methyl sites for hydroxylation is 1. The molecule has 2 aliphatic rings.